The number of nitrogens with zero attached hydrogens (tertiary/aromatic N) is 2. The van der Waals surface area contributed by atoms with E-state index in [0.717, 1.165) is 17.7 Å². The molecule has 1 unspecified atom stereocenters. The first-order valence-corrected chi connectivity index (χ1v) is 8.33. The number of guanidine groups is 1. The van der Waals surface area contributed by atoms with Gasteiger partial charge in [-0.15, -0.1) is 24.0 Å². The molecule has 1 atom stereocenters. The molecule has 0 spiro atoms. The lowest BCUT2D eigenvalue weighted by molar-refractivity contribution is -0.154. The number of hydrogen-bond donors (Lipinski definition) is 2. The molecule has 1 aliphatic rings. The first-order valence-electron chi connectivity index (χ1n) is 8.33. The van der Waals surface area contributed by atoms with Gasteiger partial charge in [0.2, 0.25) is 5.88 Å². The maximum Gasteiger partial charge on any atom is 0.422 e. The fourth-order valence-electron chi connectivity index (χ4n) is 2.64. The van der Waals surface area contributed by atoms with Crippen LogP contribution in [0.4, 0.5) is 13.2 Å². The zero-order valence-electron chi connectivity index (χ0n) is 14.8. The van der Waals surface area contributed by atoms with Crippen LogP contribution >= 0.6 is 24.0 Å². The summed E-state index contributed by atoms with van der Waals surface area (Å²) in [4.78, 5) is 8.09. The van der Waals surface area contributed by atoms with Crippen molar-refractivity contribution in [3.8, 4) is 11.6 Å². The summed E-state index contributed by atoms with van der Waals surface area (Å²) < 4.78 is 46.5. The minimum absolute atomic E-state index is 0. The first kappa shape index (κ1) is 22.1. The average Bonchev–Trinajstić information content (AvgIpc) is 2.65. The van der Waals surface area contributed by atoms with Crippen LogP contribution in [0.2, 0.25) is 0 Å². The summed E-state index contributed by atoms with van der Waals surface area (Å²) in [6.07, 6.45) is -2.22. The molecule has 0 saturated heterocycles. The predicted molar refractivity (Wildman–Crippen MR) is 109 cm³/mol. The van der Waals surface area contributed by atoms with Crippen molar-refractivity contribution in [2.45, 2.75) is 25.2 Å². The first-order chi connectivity index (χ1) is 12.9. The number of halogens is 4. The Morgan fingerprint density at radius 2 is 2.07 bits per heavy atom. The second kappa shape index (κ2) is 9.80. The topological polar surface area (TPSA) is 81.8 Å². The largest absolute Gasteiger partial charge is 0.493 e. The van der Waals surface area contributed by atoms with Crippen molar-refractivity contribution in [3.05, 3.63) is 53.7 Å². The predicted octanol–water partition coefficient (Wildman–Crippen LogP) is 3.57. The molecule has 3 N–H and O–H groups in total. The summed E-state index contributed by atoms with van der Waals surface area (Å²) in [5.74, 6) is 1.01. The number of ether oxygens (including phenoxy) is 2. The molecule has 0 fully saturated rings. The van der Waals surface area contributed by atoms with Crippen molar-refractivity contribution in [1.82, 2.24) is 10.3 Å². The molecule has 28 heavy (non-hydrogen) atoms. The van der Waals surface area contributed by atoms with Crippen LogP contribution in [0.15, 0.2) is 47.6 Å². The van der Waals surface area contributed by atoms with Gasteiger partial charge in [0, 0.05) is 24.2 Å². The van der Waals surface area contributed by atoms with Crippen LogP contribution < -0.4 is 20.5 Å². The van der Waals surface area contributed by atoms with Gasteiger partial charge in [-0.05, 0) is 11.6 Å². The fourth-order valence-corrected chi connectivity index (χ4v) is 2.64. The van der Waals surface area contributed by atoms with Crippen LogP contribution in [0.1, 0.15) is 23.6 Å². The second-order valence-corrected chi connectivity index (χ2v) is 5.98. The molecule has 0 amide bonds. The molecule has 2 aromatic rings. The van der Waals surface area contributed by atoms with E-state index in [1.54, 1.807) is 6.07 Å². The normalized spacial score (nSPS) is 16.4. The van der Waals surface area contributed by atoms with Crippen LogP contribution in [-0.2, 0) is 6.54 Å². The van der Waals surface area contributed by atoms with Gasteiger partial charge < -0.3 is 20.5 Å². The zero-order valence-corrected chi connectivity index (χ0v) is 17.1. The van der Waals surface area contributed by atoms with E-state index < -0.39 is 12.8 Å². The van der Waals surface area contributed by atoms with Crippen molar-refractivity contribution in [2.24, 2.45) is 10.7 Å². The number of hydrogen-bond acceptors (Lipinski definition) is 4. The molecule has 6 nitrogen and oxygen atoms in total. The van der Waals surface area contributed by atoms with Crippen LogP contribution in [0.3, 0.4) is 0 Å². The molecule has 10 heteroatoms. The van der Waals surface area contributed by atoms with Gasteiger partial charge in [-0.25, -0.2) is 9.98 Å². The molecule has 1 aromatic heterocycles. The average molecular weight is 508 g/mol. The lowest BCUT2D eigenvalue weighted by atomic mass is 10.0. The Morgan fingerprint density at radius 1 is 1.29 bits per heavy atom. The van der Waals surface area contributed by atoms with Gasteiger partial charge in [0.15, 0.2) is 12.6 Å². The summed E-state index contributed by atoms with van der Waals surface area (Å²) in [5, 5.41) is 3.17. The Morgan fingerprint density at radius 3 is 2.79 bits per heavy atom. The molecule has 3 rings (SSSR count). The third-order valence-electron chi connectivity index (χ3n) is 3.89. The number of nitrogens with two attached hydrogens (primary N) is 1. The maximum atomic E-state index is 12.1. The van der Waals surface area contributed by atoms with Gasteiger partial charge in [-0.1, -0.05) is 24.3 Å². The van der Waals surface area contributed by atoms with E-state index in [-0.39, 0.29) is 48.4 Å². The minimum Gasteiger partial charge on any atom is -0.493 e. The van der Waals surface area contributed by atoms with Gasteiger partial charge in [0.05, 0.1) is 19.2 Å². The molecule has 1 aliphatic heterocycles. The van der Waals surface area contributed by atoms with Gasteiger partial charge in [-0.3, -0.25) is 0 Å². The highest BCUT2D eigenvalue weighted by atomic mass is 127. The van der Waals surface area contributed by atoms with Gasteiger partial charge >= 0.3 is 6.18 Å². The summed E-state index contributed by atoms with van der Waals surface area (Å²) in [5.41, 5.74) is 7.69. The van der Waals surface area contributed by atoms with E-state index in [1.165, 1.54) is 12.3 Å². The third kappa shape index (κ3) is 6.43. The molecule has 1 aromatic carbocycles. The van der Waals surface area contributed by atoms with Gasteiger partial charge in [-0.2, -0.15) is 13.2 Å². The summed E-state index contributed by atoms with van der Waals surface area (Å²) in [6, 6.07) is 10.7. The number of aliphatic imine (C=N–C) groups is 1. The third-order valence-corrected chi connectivity index (χ3v) is 3.89. The molecular weight excluding hydrogens is 488 g/mol. The summed E-state index contributed by atoms with van der Waals surface area (Å²) in [6.45, 7) is -0.539. The number of rotatable bonds is 5. The van der Waals surface area contributed by atoms with Crippen molar-refractivity contribution < 1.29 is 22.6 Å². The Balaban J connectivity index is 0.00000280. The van der Waals surface area contributed by atoms with E-state index >= 15 is 0 Å². The fraction of sp³-hybridized carbons (Fsp3) is 0.333. The quantitative estimate of drug-likeness (QED) is 0.367. The Hall–Kier alpha value is -2.24. The Kier molecular flexibility index (Phi) is 7.72. The Bertz CT molecular complexity index is 800. The lowest BCUT2D eigenvalue weighted by Gasteiger charge is -2.26. The van der Waals surface area contributed by atoms with Crippen LogP contribution in [0.5, 0.6) is 11.6 Å². The molecule has 0 radical (unpaired) electrons. The van der Waals surface area contributed by atoms with Crippen molar-refractivity contribution in [3.63, 3.8) is 0 Å². The number of aromatic nitrogens is 1. The summed E-state index contributed by atoms with van der Waals surface area (Å²) in [7, 11) is 0. The monoisotopic (exact) mass is 508 g/mol. The molecule has 0 aliphatic carbocycles. The highest BCUT2D eigenvalue weighted by Gasteiger charge is 2.28. The van der Waals surface area contributed by atoms with Crippen LogP contribution in [0.25, 0.3) is 0 Å². The number of nitrogens with one attached hydrogen (secondary N) is 1. The number of pyridine rings is 1. The number of para-hydroxylation sites is 1. The van der Waals surface area contributed by atoms with Crippen LogP contribution in [0, 0.1) is 0 Å². The highest BCUT2D eigenvalue weighted by Crippen LogP contribution is 2.31. The van der Waals surface area contributed by atoms with Crippen molar-refractivity contribution in [1.29, 1.82) is 0 Å². The number of alkyl halides is 3. The number of fused-ring (bicyclic) bond motifs is 1. The standard InChI is InChI=1S/C18H19F3N4O2.HI/c19-18(20,21)11-27-16-6-5-12(9-23-16)10-24-17(22)25-14-7-8-26-15-4-2-1-3-13(14)15;/h1-6,9,14H,7-8,10-11H2,(H3,22,24,25);1H. The zero-order chi connectivity index (χ0) is 19.3. The van der Waals surface area contributed by atoms with Gasteiger partial charge in [0.1, 0.15) is 5.75 Å². The lowest BCUT2D eigenvalue weighted by Crippen LogP contribution is -2.37. The van der Waals surface area contributed by atoms with E-state index in [1.807, 2.05) is 24.3 Å². The maximum absolute atomic E-state index is 12.1. The SMILES string of the molecule is I.NC(=NCc1ccc(OCC(F)(F)F)nc1)NC1CCOc2ccccc21. The molecule has 0 saturated carbocycles. The van der Waals surface area contributed by atoms with E-state index in [4.69, 9.17) is 10.5 Å². The van der Waals surface area contributed by atoms with Gasteiger partial charge in [0.25, 0.3) is 0 Å². The second-order valence-electron chi connectivity index (χ2n) is 5.98. The Labute approximate surface area is 177 Å². The molecular formula is C18H20F3IN4O2. The molecule has 152 valence electrons. The van der Waals surface area contributed by atoms with E-state index in [2.05, 4.69) is 20.0 Å². The van der Waals surface area contributed by atoms with E-state index in [0.29, 0.717) is 12.2 Å². The van der Waals surface area contributed by atoms with E-state index in [9.17, 15) is 13.2 Å². The minimum atomic E-state index is -4.40. The number of benzene rings is 1. The smallest absolute Gasteiger partial charge is 0.422 e. The molecule has 0 bridgehead atoms. The van der Waals surface area contributed by atoms with Crippen LogP contribution in [-0.4, -0.2) is 30.3 Å². The molecule has 2 heterocycles. The highest BCUT2D eigenvalue weighted by molar-refractivity contribution is 14.0. The summed E-state index contributed by atoms with van der Waals surface area (Å²) >= 11 is 0. The van der Waals surface area contributed by atoms with Crippen molar-refractivity contribution >= 4 is 29.9 Å². The van der Waals surface area contributed by atoms with Crippen molar-refractivity contribution in [2.75, 3.05) is 13.2 Å².